The molecule has 76 valence electrons. The van der Waals surface area contributed by atoms with Crippen LogP contribution in [-0.4, -0.2) is 21.7 Å². The second kappa shape index (κ2) is 2.89. The van der Waals surface area contributed by atoms with Crippen LogP contribution in [0.4, 0.5) is 0 Å². The van der Waals surface area contributed by atoms with Gasteiger partial charge in [0.25, 0.3) is 0 Å². The van der Waals surface area contributed by atoms with Crippen LogP contribution in [0.1, 0.15) is 12.0 Å². The van der Waals surface area contributed by atoms with Crippen LogP contribution in [0.25, 0.3) is 0 Å². The molecule has 0 radical (unpaired) electrons. The number of nitrogens with zero attached hydrogens (tertiary/aromatic N) is 2. The van der Waals surface area contributed by atoms with Gasteiger partial charge in [-0.15, -0.1) is 0 Å². The number of carbonyl (C=O) groups is 2. The lowest BCUT2D eigenvalue weighted by atomic mass is 10.2. The van der Waals surface area contributed by atoms with Crippen LogP contribution in [0.2, 0.25) is 0 Å². The molecule has 1 saturated heterocycles. The third-order valence-electron chi connectivity index (χ3n) is 3.05. The summed E-state index contributed by atoms with van der Waals surface area (Å²) in [5, 5.41) is 0. The fourth-order valence-corrected chi connectivity index (χ4v) is 2.08. The average Bonchev–Trinajstić information content (AvgIpc) is 3.01. The molecule has 0 bridgehead atoms. The fourth-order valence-electron chi connectivity index (χ4n) is 2.08. The summed E-state index contributed by atoms with van der Waals surface area (Å²) in [5.41, 5.74) is 0.952. The lowest BCUT2D eigenvalue weighted by Gasteiger charge is -2.15. The molecule has 0 N–H and O–H groups in total. The molecule has 4 nitrogen and oxygen atoms in total. The number of carbonyl (C=O) groups excluding carboxylic acids is 2. The topological polar surface area (TPSA) is 50.3 Å². The van der Waals surface area contributed by atoms with Gasteiger partial charge in [0.1, 0.15) is 0 Å². The molecule has 4 heteroatoms. The lowest BCUT2D eigenvalue weighted by molar-refractivity contribution is -0.142. The second-order valence-electron chi connectivity index (χ2n) is 4.07. The van der Waals surface area contributed by atoms with Crippen molar-refractivity contribution in [3.63, 3.8) is 0 Å². The van der Waals surface area contributed by atoms with Gasteiger partial charge in [0.05, 0.1) is 18.4 Å². The zero-order valence-corrected chi connectivity index (χ0v) is 8.09. The number of likely N-dealkylation sites (tertiary alicyclic amines) is 1. The number of imide groups is 1. The molecule has 1 aliphatic heterocycles. The van der Waals surface area contributed by atoms with Crippen molar-refractivity contribution in [2.75, 3.05) is 0 Å². The fraction of sp³-hybridized carbons (Fsp3) is 0.364. The Balaban J connectivity index is 1.79. The SMILES string of the molecule is O=C1[C@H]2C[C@H]2C(=O)N1Cc1ccncc1. The van der Waals surface area contributed by atoms with Crippen molar-refractivity contribution in [3.8, 4) is 0 Å². The van der Waals surface area contributed by atoms with E-state index in [0.29, 0.717) is 6.54 Å². The summed E-state index contributed by atoms with van der Waals surface area (Å²) in [5.74, 6) is 0.00213. The van der Waals surface area contributed by atoms with Crippen LogP contribution in [0.5, 0.6) is 0 Å². The summed E-state index contributed by atoms with van der Waals surface area (Å²) in [4.78, 5) is 28.6. The normalized spacial score (nSPS) is 28.1. The maximum absolute atomic E-state index is 11.7. The molecule has 1 saturated carbocycles. The molecule has 0 unspecified atom stereocenters. The molecule has 1 aromatic heterocycles. The first-order valence-electron chi connectivity index (χ1n) is 5.01. The van der Waals surface area contributed by atoms with Gasteiger partial charge in [0.15, 0.2) is 0 Å². The first-order chi connectivity index (χ1) is 7.27. The van der Waals surface area contributed by atoms with Crippen LogP contribution in [0, 0.1) is 11.8 Å². The quantitative estimate of drug-likeness (QED) is 0.659. The van der Waals surface area contributed by atoms with E-state index in [0.717, 1.165) is 12.0 Å². The van der Waals surface area contributed by atoms with E-state index in [2.05, 4.69) is 4.98 Å². The first-order valence-corrected chi connectivity index (χ1v) is 5.01. The van der Waals surface area contributed by atoms with E-state index in [1.807, 2.05) is 12.1 Å². The first kappa shape index (κ1) is 8.59. The molecule has 0 aromatic carbocycles. The highest BCUT2D eigenvalue weighted by molar-refractivity contribution is 6.08. The number of pyridine rings is 1. The molecule has 2 fully saturated rings. The maximum atomic E-state index is 11.7. The number of aromatic nitrogens is 1. The summed E-state index contributed by atoms with van der Waals surface area (Å²) in [6.07, 6.45) is 4.10. The molecular weight excluding hydrogens is 192 g/mol. The number of hydrogen-bond donors (Lipinski definition) is 0. The van der Waals surface area contributed by atoms with Crippen LogP contribution in [0.15, 0.2) is 24.5 Å². The molecule has 3 rings (SSSR count). The summed E-state index contributed by atoms with van der Waals surface area (Å²) >= 11 is 0. The Morgan fingerprint density at radius 3 is 2.40 bits per heavy atom. The largest absolute Gasteiger partial charge is 0.278 e. The van der Waals surface area contributed by atoms with E-state index in [1.165, 1.54) is 4.90 Å². The Morgan fingerprint density at radius 1 is 1.20 bits per heavy atom. The van der Waals surface area contributed by atoms with Gasteiger partial charge >= 0.3 is 0 Å². The summed E-state index contributed by atoms with van der Waals surface area (Å²) in [6, 6.07) is 3.65. The van der Waals surface area contributed by atoms with Crippen molar-refractivity contribution < 1.29 is 9.59 Å². The molecule has 1 aliphatic carbocycles. The van der Waals surface area contributed by atoms with Crippen LogP contribution in [-0.2, 0) is 16.1 Å². The predicted molar refractivity (Wildman–Crippen MR) is 51.4 cm³/mol. The molecule has 2 amide bonds. The van der Waals surface area contributed by atoms with Gasteiger partial charge in [0, 0.05) is 12.4 Å². The van der Waals surface area contributed by atoms with Crippen molar-refractivity contribution >= 4 is 11.8 Å². The van der Waals surface area contributed by atoms with Gasteiger partial charge in [-0.2, -0.15) is 0 Å². The Hall–Kier alpha value is -1.71. The van der Waals surface area contributed by atoms with Crippen molar-refractivity contribution in [2.24, 2.45) is 11.8 Å². The zero-order valence-electron chi connectivity index (χ0n) is 8.09. The molecule has 2 atom stereocenters. The van der Waals surface area contributed by atoms with E-state index in [9.17, 15) is 9.59 Å². The predicted octanol–water partition coefficient (Wildman–Crippen LogP) is 0.587. The van der Waals surface area contributed by atoms with Crippen LogP contribution < -0.4 is 0 Å². The van der Waals surface area contributed by atoms with Crippen molar-refractivity contribution in [3.05, 3.63) is 30.1 Å². The van der Waals surface area contributed by atoms with Crippen LogP contribution >= 0.6 is 0 Å². The Kier molecular flexibility index (Phi) is 1.65. The van der Waals surface area contributed by atoms with E-state index >= 15 is 0 Å². The lowest BCUT2D eigenvalue weighted by Crippen LogP contribution is -2.32. The van der Waals surface area contributed by atoms with Crippen molar-refractivity contribution in [1.29, 1.82) is 0 Å². The smallest absolute Gasteiger partial charge is 0.233 e. The van der Waals surface area contributed by atoms with Gasteiger partial charge in [-0.3, -0.25) is 19.5 Å². The summed E-state index contributed by atoms with van der Waals surface area (Å²) in [6.45, 7) is 0.396. The molecule has 2 aliphatic rings. The summed E-state index contributed by atoms with van der Waals surface area (Å²) in [7, 11) is 0. The van der Waals surface area contributed by atoms with E-state index in [1.54, 1.807) is 12.4 Å². The monoisotopic (exact) mass is 202 g/mol. The van der Waals surface area contributed by atoms with Gasteiger partial charge in [-0.25, -0.2) is 0 Å². The van der Waals surface area contributed by atoms with E-state index < -0.39 is 0 Å². The Bertz CT molecular complexity index is 409. The molecule has 1 aromatic rings. The minimum Gasteiger partial charge on any atom is -0.278 e. The highest BCUT2D eigenvalue weighted by atomic mass is 16.2. The minimum absolute atomic E-state index is 0.000614. The van der Waals surface area contributed by atoms with Gasteiger partial charge in [0.2, 0.25) is 11.8 Å². The average molecular weight is 202 g/mol. The number of rotatable bonds is 2. The van der Waals surface area contributed by atoms with Crippen molar-refractivity contribution in [1.82, 2.24) is 9.88 Å². The molecule has 15 heavy (non-hydrogen) atoms. The Morgan fingerprint density at radius 2 is 1.80 bits per heavy atom. The van der Waals surface area contributed by atoms with E-state index in [-0.39, 0.29) is 23.7 Å². The minimum atomic E-state index is -0.000614. The van der Waals surface area contributed by atoms with Gasteiger partial charge in [-0.1, -0.05) is 0 Å². The number of amides is 2. The van der Waals surface area contributed by atoms with Gasteiger partial charge < -0.3 is 0 Å². The second-order valence-corrected chi connectivity index (χ2v) is 4.07. The Labute approximate surface area is 86.9 Å². The van der Waals surface area contributed by atoms with Crippen molar-refractivity contribution in [2.45, 2.75) is 13.0 Å². The number of fused-ring (bicyclic) bond motifs is 1. The number of hydrogen-bond acceptors (Lipinski definition) is 3. The third-order valence-corrected chi connectivity index (χ3v) is 3.05. The number of piperidine rings is 1. The third kappa shape index (κ3) is 1.25. The standard InChI is InChI=1S/C11H10N2O2/c14-10-8-5-9(8)11(15)13(10)6-7-1-3-12-4-2-7/h1-4,8-9H,5-6H2/t8-,9+. The summed E-state index contributed by atoms with van der Waals surface area (Å²) < 4.78 is 0. The van der Waals surface area contributed by atoms with E-state index in [4.69, 9.17) is 0 Å². The molecule has 2 heterocycles. The maximum Gasteiger partial charge on any atom is 0.233 e. The highest BCUT2D eigenvalue weighted by Crippen LogP contribution is 2.47. The van der Waals surface area contributed by atoms with Crippen LogP contribution in [0.3, 0.4) is 0 Å². The molecule has 0 spiro atoms. The highest BCUT2D eigenvalue weighted by Gasteiger charge is 2.58. The zero-order chi connectivity index (χ0) is 10.4. The molecular formula is C11H10N2O2. The van der Waals surface area contributed by atoms with Gasteiger partial charge in [-0.05, 0) is 24.1 Å².